The van der Waals surface area contributed by atoms with Crippen molar-refractivity contribution in [3.8, 4) is 17.1 Å². The van der Waals surface area contributed by atoms with E-state index >= 15 is 0 Å². The third kappa shape index (κ3) is 5.15. The molecule has 0 spiro atoms. The molecule has 7 nitrogen and oxygen atoms in total. The van der Waals surface area contributed by atoms with Crippen molar-refractivity contribution >= 4 is 35.1 Å². The summed E-state index contributed by atoms with van der Waals surface area (Å²) in [6.45, 7) is 0. The van der Waals surface area contributed by atoms with E-state index in [1.165, 1.54) is 0 Å². The van der Waals surface area contributed by atoms with Crippen LogP contribution in [-0.2, 0) is 20.7 Å². The topological polar surface area (TPSA) is 94.2 Å². The smallest absolute Gasteiger partial charge is 0.327 e. The Balaban J connectivity index is 1.31. The van der Waals surface area contributed by atoms with E-state index < -0.39 is 16.8 Å². The number of carbonyl (C=O) groups is 2. The van der Waals surface area contributed by atoms with Crippen LogP contribution < -0.4 is 4.74 Å². The monoisotopic (exact) mass is 525 g/mol. The molecule has 1 saturated carbocycles. The summed E-state index contributed by atoms with van der Waals surface area (Å²) in [5, 5.41) is 7.03. The number of esters is 1. The number of ketones is 1. The zero-order valence-corrected chi connectivity index (χ0v) is 21.6. The second-order valence-electron chi connectivity index (χ2n) is 9.41. The van der Waals surface area contributed by atoms with Gasteiger partial charge >= 0.3 is 5.97 Å². The number of hydrogen-bond acceptors (Lipinski definition) is 7. The molecule has 2 aromatic carbocycles. The number of halogens is 1. The first-order valence-electron chi connectivity index (χ1n) is 12.2. The molecule has 1 aliphatic heterocycles. The molecule has 188 valence electrons. The number of thioether (sulfide) groups is 1. The lowest BCUT2D eigenvalue weighted by molar-refractivity contribution is -0.177. The fraction of sp³-hybridized carbons (Fsp3) is 0.407. The van der Waals surface area contributed by atoms with E-state index in [1.54, 1.807) is 7.11 Å². The van der Waals surface area contributed by atoms with Crippen molar-refractivity contribution in [3.05, 3.63) is 59.1 Å². The average molecular weight is 526 g/mol. The van der Waals surface area contributed by atoms with Gasteiger partial charge in [-0.05, 0) is 49.3 Å². The number of methoxy groups -OCH3 is 1. The maximum atomic E-state index is 13.4. The number of aryl methyl sites for hydroxylation is 1. The molecule has 2 heterocycles. The van der Waals surface area contributed by atoms with Crippen molar-refractivity contribution < 1.29 is 19.1 Å². The number of aromatic amines is 1. The summed E-state index contributed by atoms with van der Waals surface area (Å²) in [4.78, 5) is 31.1. The van der Waals surface area contributed by atoms with E-state index in [2.05, 4.69) is 15.2 Å². The third-order valence-corrected chi connectivity index (χ3v) is 8.55. The number of hydrogen-bond donors (Lipinski definition) is 1. The first-order chi connectivity index (χ1) is 17.5. The normalized spacial score (nSPS) is 22.6. The first kappa shape index (κ1) is 24.8. The highest BCUT2D eigenvalue weighted by atomic mass is 35.5. The van der Waals surface area contributed by atoms with Crippen LogP contribution in [0.3, 0.4) is 0 Å². The largest absolute Gasteiger partial charge is 0.495 e. The molecule has 2 unspecified atom stereocenters. The van der Waals surface area contributed by atoms with Crippen molar-refractivity contribution in [3.63, 3.8) is 0 Å². The number of H-pyrrole nitrogens is 1. The number of aromatic nitrogens is 3. The van der Waals surface area contributed by atoms with E-state index in [1.807, 2.05) is 48.5 Å². The van der Waals surface area contributed by atoms with Crippen LogP contribution in [0.15, 0.2) is 53.7 Å². The number of Topliss-reactive ketones (excluding diaryl/α,β-unsaturated/α-hetero) is 1. The van der Waals surface area contributed by atoms with Gasteiger partial charge in [0.1, 0.15) is 11.4 Å². The summed E-state index contributed by atoms with van der Waals surface area (Å²) in [6, 6.07) is 15.3. The second kappa shape index (κ2) is 10.6. The van der Waals surface area contributed by atoms with Gasteiger partial charge in [0.15, 0.2) is 16.9 Å². The Morgan fingerprint density at radius 1 is 1.17 bits per heavy atom. The van der Waals surface area contributed by atoms with Crippen molar-refractivity contribution in [2.45, 2.75) is 61.0 Å². The van der Waals surface area contributed by atoms with Gasteiger partial charge in [-0.2, -0.15) is 0 Å². The molecule has 2 aliphatic rings. The summed E-state index contributed by atoms with van der Waals surface area (Å²) in [5.74, 6) is 0.767. The molecular weight excluding hydrogens is 498 g/mol. The molecule has 1 saturated heterocycles. The number of benzene rings is 2. The Morgan fingerprint density at radius 2 is 1.94 bits per heavy atom. The second-order valence-corrected chi connectivity index (χ2v) is 10.9. The van der Waals surface area contributed by atoms with E-state index in [4.69, 9.17) is 21.1 Å². The van der Waals surface area contributed by atoms with Crippen LogP contribution in [0.2, 0.25) is 5.02 Å². The minimum Gasteiger partial charge on any atom is -0.495 e. The molecule has 1 aromatic heterocycles. The van der Waals surface area contributed by atoms with Gasteiger partial charge in [0.25, 0.3) is 0 Å². The lowest BCUT2D eigenvalue weighted by Gasteiger charge is -2.42. The molecule has 2 atom stereocenters. The zero-order chi connectivity index (χ0) is 25.1. The molecule has 2 fully saturated rings. The van der Waals surface area contributed by atoms with Crippen molar-refractivity contribution in [1.82, 2.24) is 15.2 Å². The quantitative estimate of drug-likeness (QED) is 0.299. The lowest BCUT2D eigenvalue weighted by atomic mass is 9.76. The van der Waals surface area contributed by atoms with Crippen LogP contribution in [0.5, 0.6) is 5.75 Å². The van der Waals surface area contributed by atoms with Crippen molar-refractivity contribution in [2.24, 2.45) is 5.92 Å². The van der Waals surface area contributed by atoms with Crippen LogP contribution in [0.4, 0.5) is 0 Å². The van der Waals surface area contributed by atoms with Gasteiger partial charge in [-0.25, -0.2) is 4.98 Å². The Hall–Kier alpha value is -2.84. The number of cyclic esters (lactones) is 1. The first-order valence-corrected chi connectivity index (χ1v) is 13.5. The summed E-state index contributed by atoms with van der Waals surface area (Å²) >= 11 is 7.37. The summed E-state index contributed by atoms with van der Waals surface area (Å²) in [5.41, 5.74) is 1.11. The molecule has 0 bridgehead atoms. The molecule has 9 heteroatoms. The van der Waals surface area contributed by atoms with Crippen molar-refractivity contribution in [1.29, 1.82) is 0 Å². The standard InChI is InChI=1S/C27H28ClN3O4S/c1-34-22-12-11-17(15-20(22)28)13-14-27(19-9-5-6-10-19)16-21(32)23(25(33)35-27)36-26-29-24(30-31-26)18-7-3-2-4-8-18/h2-4,7-8,11-12,15,19,23H,5-6,9-10,13-14,16H2,1H3,(H,29,30,31). The van der Waals surface area contributed by atoms with Gasteiger partial charge in [-0.3, -0.25) is 14.7 Å². The average Bonchev–Trinajstić information content (AvgIpc) is 3.59. The molecule has 3 aromatic rings. The van der Waals surface area contributed by atoms with Gasteiger partial charge in [0, 0.05) is 12.0 Å². The number of carbonyl (C=O) groups excluding carboxylic acids is 2. The molecule has 36 heavy (non-hydrogen) atoms. The minimum atomic E-state index is -0.964. The maximum absolute atomic E-state index is 13.4. The number of ether oxygens (including phenoxy) is 2. The molecule has 5 rings (SSSR count). The Kier molecular flexibility index (Phi) is 7.34. The fourth-order valence-corrected chi connectivity index (χ4v) is 6.39. The van der Waals surface area contributed by atoms with Crippen molar-refractivity contribution in [2.75, 3.05) is 7.11 Å². The lowest BCUT2D eigenvalue weighted by Crippen LogP contribution is -2.53. The van der Waals surface area contributed by atoms with Crippen LogP contribution in [0, 0.1) is 5.92 Å². The predicted molar refractivity (Wildman–Crippen MR) is 138 cm³/mol. The Morgan fingerprint density at radius 3 is 2.64 bits per heavy atom. The molecular formula is C27H28ClN3O4S. The minimum absolute atomic E-state index is 0.123. The van der Waals surface area contributed by atoms with Gasteiger partial charge in [-0.1, -0.05) is 72.6 Å². The highest BCUT2D eigenvalue weighted by Crippen LogP contribution is 2.46. The number of nitrogens with zero attached hydrogens (tertiary/aromatic N) is 2. The van der Waals surface area contributed by atoms with E-state index in [0.29, 0.717) is 34.6 Å². The van der Waals surface area contributed by atoms with Gasteiger partial charge in [0.2, 0.25) is 5.16 Å². The van der Waals surface area contributed by atoms with Gasteiger partial charge in [0.05, 0.1) is 12.1 Å². The van der Waals surface area contributed by atoms with E-state index in [9.17, 15) is 9.59 Å². The molecule has 1 aliphatic carbocycles. The Bertz CT molecular complexity index is 1220. The number of nitrogens with one attached hydrogen (secondary N) is 1. The van der Waals surface area contributed by atoms with Gasteiger partial charge < -0.3 is 9.47 Å². The van der Waals surface area contributed by atoms with E-state index in [0.717, 1.165) is 48.6 Å². The zero-order valence-electron chi connectivity index (χ0n) is 20.0. The summed E-state index contributed by atoms with van der Waals surface area (Å²) in [7, 11) is 1.58. The SMILES string of the molecule is COc1ccc(CCC2(C3CCCC3)CC(=O)C(Sc3n[nH]c(-c4ccccc4)n3)C(=O)O2)cc1Cl. The molecule has 0 amide bonds. The highest BCUT2D eigenvalue weighted by molar-refractivity contribution is 8.01. The molecule has 0 radical (unpaired) electrons. The van der Waals surface area contributed by atoms with Crippen LogP contribution in [0.1, 0.15) is 44.1 Å². The maximum Gasteiger partial charge on any atom is 0.327 e. The van der Waals surface area contributed by atoms with Crippen LogP contribution in [0.25, 0.3) is 11.4 Å². The highest BCUT2D eigenvalue weighted by Gasteiger charge is 2.52. The Labute approximate surface area is 219 Å². The molecule has 1 N–H and O–H groups in total. The van der Waals surface area contributed by atoms with Gasteiger partial charge in [-0.15, -0.1) is 5.10 Å². The number of rotatable bonds is 8. The third-order valence-electron chi connectivity index (χ3n) is 7.17. The summed E-state index contributed by atoms with van der Waals surface area (Å²) < 4.78 is 11.4. The van der Waals surface area contributed by atoms with Crippen LogP contribution >= 0.6 is 23.4 Å². The predicted octanol–water partition coefficient (Wildman–Crippen LogP) is 5.67. The summed E-state index contributed by atoms with van der Waals surface area (Å²) in [6.07, 6.45) is 5.54. The van der Waals surface area contributed by atoms with E-state index in [-0.39, 0.29) is 18.1 Å². The fourth-order valence-electron chi connectivity index (χ4n) is 5.30. The van der Waals surface area contributed by atoms with Crippen LogP contribution in [-0.4, -0.2) is 44.9 Å².